The zero-order valence-electron chi connectivity index (χ0n) is 8.29. The molecule has 0 aliphatic rings. The van der Waals surface area contributed by atoms with Crippen LogP contribution in [0.3, 0.4) is 0 Å². The molecule has 2 aromatic carbocycles. The van der Waals surface area contributed by atoms with Crippen LogP contribution in [0, 0.1) is 0 Å². The lowest BCUT2D eigenvalue weighted by atomic mass is 10.1. The van der Waals surface area contributed by atoms with Crippen LogP contribution in [0.2, 0.25) is 0 Å². The smallest absolute Gasteiger partial charge is 0.261 e. The summed E-state index contributed by atoms with van der Waals surface area (Å²) in [5.41, 5.74) is 0. The van der Waals surface area contributed by atoms with E-state index >= 15 is 0 Å². The van der Waals surface area contributed by atoms with Gasteiger partial charge >= 0.3 is 0 Å². The number of hydrogen-bond donors (Lipinski definition) is 0. The molecule has 7 heteroatoms. The van der Waals surface area contributed by atoms with E-state index in [0.29, 0.717) is 10.8 Å². The van der Waals surface area contributed by atoms with E-state index in [1.54, 1.807) is 0 Å². The standard InChI is InChI=1S/C10H7ClO4S2/c11-17(14,15)10-4-2-7-5-9(16(12)13)3-1-8(7)6-10/h1-6H,(H,12,13)/p-1. The molecule has 0 radical (unpaired) electrons. The second-order valence-corrected chi connectivity index (χ2v) is 6.85. The van der Waals surface area contributed by atoms with Crippen molar-refractivity contribution < 1.29 is 17.2 Å². The summed E-state index contributed by atoms with van der Waals surface area (Å²) in [5.74, 6) is 0. The van der Waals surface area contributed by atoms with Crippen molar-refractivity contribution in [2.24, 2.45) is 0 Å². The summed E-state index contributed by atoms with van der Waals surface area (Å²) in [5, 5.41) is 1.25. The third kappa shape index (κ3) is 2.66. The Morgan fingerprint density at radius 1 is 1.06 bits per heavy atom. The van der Waals surface area contributed by atoms with E-state index < -0.39 is 20.1 Å². The molecule has 0 bridgehead atoms. The normalized spacial score (nSPS) is 13.8. The van der Waals surface area contributed by atoms with E-state index in [2.05, 4.69) is 0 Å². The third-order valence-corrected chi connectivity index (χ3v) is 4.25. The van der Waals surface area contributed by atoms with Gasteiger partial charge in [0.1, 0.15) is 0 Å². The van der Waals surface area contributed by atoms with E-state index in [4.69, 9.17) is 10.7 Å². The van der Waals surface area contributed by atoms with Crippen molar-refractivity contribution >= 4 is 41.6 Å². The molecule has 0 saturated carbocycles. The Kier molecular flexibility index (Phi) is 3.22. The van der Waals surface area contributed by atoms with Crippen LogP contribution in [0.25, 0.3) is 10.8 Å². The highest BCUT2D eigenvalue weighted by atomic mass is 35.7. The second kappa shape index (κ2) is 4.38. The Balaban J connectivity index is 2.66. The minimum absolute atomic E-state index is 0.0114. The molecule has 17 heavy (non-hydrogen) atoms. The lowest BCUT2D eigenvalue weighted by Gasteiger charge is -2.07. The van der Waals surface area contributed by atoms with Crippen molar-refractivity contribution in [1.82, 2.24) is 0 Å². The van der Waals surface area contributed by atoms with Gasteiger partial charge in [0.05, 0.1) is 4.90 Å². The average molecular weight is 290 g/mol. The van der Waals surface area contributed by atoms with Crippen LogP contribution in [0.15, 0.2) is 46.2 Å². The van der Waals surface area contributed by atoms with E-state index in [-0.39, 0.29) is 9.79 Å². The van der Waals surface area contributed by atoms with Crippen LogP contribution in [-0.4, -0.2) is 17.2 Å². The Morgan fingerprint density at radius 2 is 1.65 bits per heavy atom. The van der Waals surface area contributed by atoms with Gasteiger partial charge in [-0.1, -0.05) is 12.1 Å². The first-order valence-corrected chi connectivity index (χ1v) is 7.84. The third-order valence-electron chi connectivity index (χ3n) is 2.26. The Labute approximate surface area is 105 Å². The molecule has 0 spiro atoms. The van der Waals surface area contributed by atoms with Crippen LogP contribution >= 0.6 is 10.7 Å². The van der Waals surface area contributed by atoms with Crippen molar-refractivity contribution in [3.8, 4) is 0 Å². The monoisotopic (exact) mass is 289 g/mol. The molecule has 0 N–H and O–H groups in total. The van der Waals surface area contributed by atoms with Gasteiger partial charge in [0.25, 0.3) is 9.05 Å². The van der Waals surface area contributed by atoms with Crippen LogP contribution in [0.4, 0.5) is 0 Å². The maximum atomic E-state index is 11.1. The molecule has 0 heterocycles. The molecule has 1 unspecified atom stereocenters. The van der Waals surface area contributed by atoms with Crippen LogP contribution in [-0.2, 0) is 20.1 Å². The fraction of sp³-hybridized carbons (Fsp3) is 0. The SMILES string of the molecule is O=S([O-])c1ccc2cc(S(=O)(=O)Cl)ccc2c1. The molecule has 0 aliphatic carbocycles. The zero-order valence-corrected chi connectivity index (χ0v) is 10.7. The van der Waals surface area contributed by atoms with Gasteiger partial charge < -0.3 is 4.55 Å². The lowest BCUT2D eigenvalue weighted by molar-refractivity contribution is 0.537. The topological polar surface area (TPSA) is 74.3 Å². The number of rotatable bonds is 2. The Hall–Kier alpha value is -0.950. The van der Waals surface area contributed by atoms with E-state index in [1.165, 1.54) is 36.4 Å². The van der Waals surface area contributed by atoms with Gasteiger partial charge in [-0.2, -0.15) is 0 Å². The number of benzene rings is 2. The Bertz CT molecular complexity index is 709. The van der Waals surface area contributed by atoms with E-state index in [0.717, 1.165) is 0 Å². The summed E-state index contributed by atoms with van der Waals surface area (Å²) < 4.78 is 43.7. The molecule has 2 rings (SSSR count). The molecule has 90 valence electrons. The van der Waals surface area contributed by atoms with Crippen molar-refractivity contribution in [2.45, 2.75) is 9.79 Å². The van der Waals surface area contributed by atoms with E-state index in [1.807, 2.05) is 0 Å². The van der Waals surface area contributed by atoms with Gasteiger partial charge in [-0.25, -0.2) is 8.42 Å². The van der Waals surface area contributed by atoms with Crippen LogP contribution < -0.4 is 0 Å². The first-order valence-electron chi connectivity index (χ1n) is 4.46. The Morgan fingerprint density at radius 3 is 2.24 bits per heavy atom. The summed E-state index contributed by atoms with van der Waals surface area (Å²) in [7, 11) is 1.44. The summed E-state index contributed by atoms with van der Waals surface area (Å²) in [6.45, 7) is 0. The largest absolute Gasteiger partial charge is 0.768 e. The van der Waals surface area contributed by atoms with Gasteiger partial charge in [-0.05, 0) is 46.1 Å². The maximum Gasteiger partial charge on any atom is 0.261 e. The molecular weight excluding hydrogens is 284 g/mol. The fourth-order valence-corrected chi connectivity index (χ4v) is 2.65. The highest BCUT2D eigenvalue weighted by Gasteiger charge is 2.10. The maximum absolute atomic E-state index is 11.1. The fourth-order valence-electron chi connectivity index (χ4n) is 1.46. The number of halogens is 1. The predicted octanol–water partition coefficient (Wildman–Crippen LogP) is 2.01. The quantitative estimate of drug-likeness (QED) is 0.626. The van der Waals surface area contributed by atoms with Crippen molar-refractivity contribution in [3.63, 3.8) is 0 Å². The molecule has 0 amide bonds. The second-order valence-electron chi connectivity index (χ2n) is 3.34. The minimum Gasteiger partial charge on any atom is -0.768 e. The summed E-state index contributed by atoms with van der Waals surface area (Å²) in [6, 6.07) is 8.64. The first-order chi connectivity index (χ1) is 7.88. The minimum atomic E-state index is -3.77. The summed E-state index contributed by atoms with van der Waals surface area (Å²) >= 11 is -2.30. The highest BCUT2D eigenvalue weighted by molar-refractivity contribution is 8.13. The van der Waals surface area contributed by atoms with Crippen LogP contribution in [0.5, 0.6) is 0 Å². The molecule has 1 atom stereocenters. The van der Waals surface area contributed by atoms with Crippen molar-refractivity contribution in [3.05, 3.63) is 36.4 Å². The van der Waals surface area contributed by atoms with Gasteiger partial charge in [0.2, 0.25) is 0 Å². The molecule has 0 fully saturated rings. The molecule has 0 aromatic heterocycles. The van der Waals surface area contributed by atoms with Gasteiger partial charge in [0, 0.05) is 15.6 Å². The molecular formula is C10H6ClO4S2-. The van der Waals surface area contributed by atoms with Crippen LogP contribution in [0.1, 0.15) is 0 Å². The summed E-state index contributed by atoms with van der Waals surface area (Å²) in [4.78, 5) is 0.140. The van der Waals surface area contributed by atoms with Crippen molar-refractivity contribution in [2.75, 3.05) is 0 Å². The first kappa shape index (κ1) is 12.5. The molecule has 2 aromatic rings. The predicted molar refractivity (Wildman–Crippen MR) is 64.2 cm³/mol. The lowest BCUT2D eigenvalue weighted by Crippen LogP contribution is -1.91. The number of fused-ring (bicyclic) bond motifs is 1. The molecule has 4 nitrogen and oxygen atoms in total. The highest BCUT2D eigenvalue weighted by Crippen LogP contribution is 2.23. The van der Waals surface area contributed by atoms with Crippen molar-refractivity contribution in [1.29, 1.82) is 0 Å². The zero-order chi connectivity index (χ0) is 12.6. The molecule has 0 aliphatic heterocycles. The van der Waals surface area contributed by atoms with Gasteiger partial charge in [0.15, 0.2) is 0 Å². The van der Waals surface area contributed by atoms with Gasteiger partial charge in [-0.15, -0.1) is 0 Å². The summed E-state index contributed by atoms with van der Waals surface area (Å²) in [6.07, 6.45) is 0. The molecule has 0 saturated heterocycles. The number of hydrogen-bond acceptors (Lipinski definition) is 4. The average Bonchev–Trinajstić information content (AvgIpc) is 2.26. The van der Waals surface area contributed by atoms with E-state index in [9.17, 15) is 17.2 Å². The van der Waals surface area contributed by atoms with Gasteiger partial charge in [-0.3, -0.25) is 4.21 Å².